The van der Waals surface area contributed by atoms with E-state index in [4.69, 9.17) is 4.74 Å². The quantitative estimate of drug-likeness (QED) is 0.730. The number of nitrogens with one attached hydrogen (secondary N) is 1. The number of anilines is 1. The van der Waals surface area contributed by atoms with Gasteiger partial charge >= 0.3 is 0 Å². The number of benzene rings is 2. The number of rotatable bonds is 4. The van der Waals surface area contributed by atoms with E-state index >= 15 is 0 Å². The van der Waals surface area contributed by atoms with Crippen molar-refractivity contribution in [3.8, 4) is 5.75 Å². The molecule has 1 aliphatic carbocycles. The zero-order valence-corrected chi connectivity index (χ0v) is 16.2. The van der Waals surface area contributed by atoms with Crippen molar-refractivity contribution in [1.82, 2.24) is 14.8 Å². The summed E-state index contributed by atoms with van der Waals surface area (Å²) in [4.78, 5) is 17.2. The molecular formula is C23H22N4O2. The molecule has 2 heterocycles. The van der Waals surface area contributed by atoms with Crippen LogP contribution >= 0.6 is 0 Å². The molecule has 0 radical (unpaired) electrons. The summed E-state index contributed by atoms with van der Waals surface area (Å²) < 4.78 is 7.70. The Morgan fingerprint density at radius 1 is 1.10 bits per heavy atom. The van der Waals surface area contributed by atoms with Crippen LogP contribution in [0.25, 0.3) is 0 Å². The number of ether oxygens (including phenoxy) is 1. The maximum atomic E-state index is 12.9. The standard InChI is InChI=1S/C23H22N4O2/c1-15-11-19-21(20(28)12-15)22(27-23(26-19)24-14-25-27)17-7-9-18(10-8-17)29-13-16-5-3-2-4-6-16/h2-10,14-15,22H,11-13H2,1H3,(H,24,25,26). The lowest BCUT2D eigenvalue weighted by Gasteiger charge is -2.34. The monoisotopic (exact) mass is 386 g/mol. The van der Waals surface area contributed by atoms with Gasteiger partial charge in [-0.05, 0) is 35.6 Å². The summed E-state index contributed by atoms with van der Waals surface area (Å²) in [6.45, 7) is 2.63. The molecule has 1 N–H and O–H groups in total. The highest BCUT2D eigenvalue weighted by molar-refractivity contribution is 5.99. The van der Waals surface area contributed by atoms with Crippen LogP contribution in [-0.2, 0) is 11.4 Å². The molecule has 0 saturated heterocycles. The van der Waals surface area contributed by atoms with Crippen LogP contribution < -0.4 is 10.1 Å². The summed E-state index contributed by atoms with van der Waals surface area (Å²) in [5.74, 6) is 1.99. The summed E-state index contributed by atoms with van der Waals surface area (Å²) in [7, 11) is 0. The number of nitrogens with zero attached hydrogens (tertiary/aromatic N) is 3. The van der Waals surface area contributed by atoms with Gasteiger partial charge < -0.3 is 10.1 Å². The molecule has 1 aromatic heterocycles. The third-order valence-corrected chi connectivity index (χ3v) is 5.51. The van der Waals surface area contributed by atoms with Crippen LogP contribution in [0.3, 0.4) is 0 Å². The number of Topliss-reactive ketones (excluding diaryl/α,β-unsaturated/α-hetero) is 1. The second-order valence-corrected chi connectivity index (χ2v) is 7.73. The van der Waals surface area contributed by atoms with Crippen LogP contribution in [0.15, 0.2) is 72.2 Å². The van der Waals surface area contributed by atoms with E-state index in [0.717, 1.165) is 34.6 Å². The molecular weight excluding hydrogens is 364 g/mol. The lowest BCUT2D eigenvalue weighted by Crippen LogP contribution is -2.33. The van der Waals surface area contributed by atoms with Crippen molar-refractivity contribution in [3.05, 3.63) is 83.3 Å². The van der Waals surface area contributed by atoms with Gasteiger partial charge in [0.05, 0.1) is 0 Å². The van der Waals surface area contributed by atoms with Crippen molar-refractivity contribution in [2.45, 2.75) is 32.4 Å². The molecule has 2 aromatic carbocycles. The second-order valence-electron chi connectivity index (χ2n) is 7.73. The molecule has 6 nitrogen and oxygen atoms in total. The Kier molecular flexibility index (Phi) is 4.39. The van der Waals surface area contributed by atoms with Crippen LogP contribution in [0, 0.1) is 5.92 Å². The van der Waals surface area contributed by atoms with Gasteiger partial charge in [-0.25, -0.2) is 4.68 Å². The van der Waals surface area contributed by atoms with E-state index in [-0.39, 0.29) is 11.8 Å². The molecule has 1 aliphatic heterocycles. The van der Waals surface area contributed by atoms with E-state index in [1.54, 1.807) is 4.68 Å². The predicted octanol–water partition coefficient (Wildman–Crippen LogP) is 4.13. The predicted molar refractivity (Wildman–Crippen MR) is 109 cm³/mol. The number of allylic oxidation sites excluding steroid dienone is 2. The molecule has 0 spiro atoms. The highest BCUT2D eigenvalue weighted by Gasteiger charge is 2.37. The Labute approximate surface area is 169 Å². The van der Waals surface area contributed by atoms with E-state index in [1.807, 2.05) is 54.6 Å². The fourth-order valence-corrected chi connectivity index (χ4v) is 4.14. The van der Waals surface area contributed by atoms with Crippen molar-refractivity contribution in [2.24, 2.45) is 5.92 Å². The van der Waals surface area contributed by atoms with Gasteiger partial charge in [0.1, 0.15) is 24.7 Å². The molecule has 146 valence electrons. The maximum Gasteiger partial charge on any atom is 0.226 e. The third kappa shape index (κ3) is 3.31. The minimum Gasteiger partial charge on any atom is -0.489 e. The third-order valence-electron chi connectivity index (χ3n) is 5.51. The topological polar surface area (TPSA) is 69.0 Å². The Balaban J connectivity index is 1.44. The van der Waals surface area contributed by atoms with E-state index in [1.165, 1.54) is 6.33 Å². The van der Waals surface area contributed by atoms with Gasteiger partial charge in [-0.15, -0.1) is 0 Å². The van der Waals surface area contributed by atoms with Gasteiger partial charge in [0.2, 0.25) is 5.95 Å². The van der Waals surface area contributed by atoms with E-state index in [9.17, 15) is 4.79 Å². The summed E-state index contributed by atoms with van der Waals surface area (Å²) in [5, 5.41) is 7.70. The average molecular weight is 386 g/mol. The molecule has 3 aromatic rings. The van der Waals surface area contributed by atoms with Crippen molar-refractivity contribution in [3.63, 3.8) is 0 Å². The zero-order chi connectivity index (χ0) is 19.8. The second kappa shape index (κ2) is 7.20. The van der Waals surface area contributed by atoms with E-state index < -0.39 is 0 Å². The van der Waals surface area contributed by atoms with Gasteiger partial charge in [-0.2, -0.15) is 10.1 Å². The molecule has 29 heavy (non-hydrogen) atoms. The summed E-state index contributed by atoms with van der Waals surface area (Å²) >= 11 is 0. The first-order valence-corrected chi connectivity index (χ1v) is 9.88. The molecule has 0 saturated carbocycles. The van der Waals surface area contributed by atoms with Gasteiger partial charge in [0.25, 0.3) is 0 Å². The van der Waals surface area contributed by atoms with Crippen LogP contribution in [0.5, 0.6) is 5.75 Å². The molecule has 0 fully saturated rings. The highest BCUT2D eigenvalue weighted by Crippen LogP contribution is 2.41. The number of ketones is 1. The van der Waals surface area contributed by atoms with Crippen LogP contribution in [0.2, 0.25) is 0 Å². The fourth-order valence-electron chi connectivity index (χ4n) is 4.14. The van der Waals surface area contributed by atoms with Crippen molar-refractivity contribution in [1.29, 1.82) is 0 Å². The van der Waals surface area contributed by atoms with Gasteiger partial charge in [-0.3, -0.25) is 4.79 Å². The van der Waals surface area contributed by atoms with E-state index in [2.05, 4.69) is 22.3 Å². The first-order valence-electron chi connectivity index (χ1n) is 9.88. The fraction of sp³-hybridized carbons (Fsp3) is 0.261. The molecule has 2 unspecified atom stereocenters. The van der Waals surface area contributed by atoms with Gasteiger partial charge in [-0.1, -0.05) is 49.4 Å². The molecule has 2 aliphatic rings. The van der Waals surface area contributed by atoms with E-state index in [0.29, 0.717) is 24.9 Å². The first-order chi connectivity index (χ1) is 14.2. The number of hydrogen-bond acceptors (Lipinski definition) is 5. The molecule has 0 amide bonds. The van der Waals surface area contributed by atoms with Crippen molar-refractivity contribution < 1.29 is 9.53 Å². The lowest BCUT2D eigenvalue weighted by molar-refractivity contribution is -0.117. The number of carbonyl (C=O) groups excluding carboxylic acids is 1. The Hall–Kier alpha value is -3.41. The SMILES string of the molecule is CC1CC(=O)C2=C(C1)Nc1ncnn1C2c1ccc(OCc2ccccc2)cc1. The van der Waals surface area contributed by atoms with Gasteiger partial charge in [0.15, 0.2) is 5.78 Å². The molecule has 6 heteroatoms. The van der Waals surface area contributed by atoms with Gasteiger partial charge in [0, 0.05) is 17.7 Å². The minimum atomic E-state index is -0.257. The summed E-state index contributed by atoms with van der Waals surface area (Å²) in [5.41, 5.74) is 3.90. The molecule has 2 atom stereocenters. The maximum absolute atomic E-state index is 12.9. The Bertz CT molecular complexity index is 1070. The smallest absolute Gasteiger partial charge is 0.226 e. The lowest BCUT2D eigenvalue weighted by atomic mass is 9.81. The average Bonchev–Trinajstić information content (AvgIpc) is 3.20. The molecule has 5 rings (SSSR count). The highest BCUT2D eigenvalue weighted by atomic mass is 16.5. The van der Waals surface area contributed by atoms with Crippen LogP contribution in [0.4, 0.5) is 5.95 Å². The summed E-state index contributed by atoms with van der Waals surface area (Å²) in [6.07, 6.45) is 2.95. The Morgan fingerprint density at radius 3 is 2.69 bits per heavy atom. The molecule has 0 bridgehead atoms. The minimum absolute atomic E-state index is 0.182. The number of hydrogen-bond donors (Lipinski definition) is 1. The largest absolute Gasteiger partial charge is 0.489 e. The normalized spacial score (nSPS) is 20.7. The first kappa shape index (κ1) is 17.7. The van der Waals surface area contributed by atoms with Crippen LogP contribution in [0.1, 0.15) is 36.9 Å². The zero-order valence-electron chi connectivity index (χ0n) is 16.2. The number of carbonyl (C=O) groups is 1. The Morgan fingerprint density at radius 2 is 1.90 bits per heavy atom. The number of aromatic nitrogens is 3. The van der Waals surface area contributed by atoms with Crippen LogP contribution in [-0.4, -0.2) is 20.5 Å². The van der Waals surface area contributed by atoms with Crippen molar-refractivity contribution in [2.75, 3.05) is 5.32 Å². The van der Waals surface area contributed by atoms with Crippen molar-refractivity contribution >= 4 is 11.7 Å². The summed E-state index contributed by atoms with van der Waals surface area (Å²) in [6, 6.07) is 17.7. The number of fused-ring (bicyclic) bond motifs is 1.